The SMILES string of the molecule is COc1ccccc1N1CCN(CCN(C(=O)CC2CCCCC2)c2ccc3ccccc3n2)CC1. The molecule has 1 aliphatic carbocycles. The molecule has 3 aromatic rings. The van der Waals surface area contributed by atoms with Crippen LogP contribution in [0.2, 0.25) is 0 Å². The molecule has 190 valence electrons. The summed E-state index contributed by atoms with van der Waals surface area (Å²) in [7, 11) is 1.73. The lowest BCUT2D eigenvalue weighted by Gasteiger charge is -2.37. The number of aromatic nitrogens is 1. The predicted molar refractivity (Wildman–Crippen MR) is 147 cm³/mol. The Morgan fingerprint density at radius 2 is 1.69 bits per heavy atom. The fraction of sp³-hybridized carbons (Fsp3) is 0.467. The topological polar surface area (TPSA) is 48.9 Å². The lowest BCUT2D eigenvalue weighted by molar-refractivity contribution is -0.119. The highest BCUT2D eigenvalue weighted by Crippen LogP contribution is 2.29. The molecule has 0 unspecified atom stereocenters. The lowest BCUT2D eigenvalue weighted by atomic mass is 9.86. The third-order valence-corrected chi connectivity index (χ3v) is 7.79. The molecule has 6 nitrogen and oxygen atoms in total. The van der Waals surface area contributed by atoms with Crippen LogP contribution in [0.15, 0.2) is 60.7 Å². The van der Waals surface area contributed by atoms with E-state index in [2.05, 4.69) is 34.1 Å². The minimum atomic E-state index is 0.220. The highest BCUT2D eigenvalue weighted by atomic mass is 16.5. The van der Waals surface area contributed by atoms with Crippen molar-refractivity contribution in [1.82, 2.24) is 9.88 Å². The summed E-state index contributed by atoms with van der Waals surface area (Å²) in [5.41, 5.74) is 2.10. The fourth-order valence-electron chi connectivity index (χ4n) is 5.67. The molecule has 5 rings (SSSR count). The molecular formula is C30H38N4O2. The van der Waals surface area contributed by atoms with Crippen molar-refractivity contribution in [2.45, 2.75) is 38.5 Å². The zero-order chi connectivity index (χ0) is 24.7. The molecule has 1 aromatic heterocycles. The van der Waals surface area contributed by atoms with E-state index in [1.807, 2.05) is 41.3 Å². The number of benzene rings is 2. The first-order chi connectivity index (χ1) is 17.7. The number of amides is 1. The molecule has 1 saturated carbocycles. The normalized spacial score (nSPS) is 17.3. The molecule has 2 aromatic carbocycles. The summed E-state index contributed by atoms with van der Waals surface area (Å²) < 4.78 is 5.57. The van der Waals surface area contributed by atoms with Crippen LogP contribution in [0.25, 0.3) is 10.9 Å². The molecule has 1 amide bonds. The van der Waals surface area contributed by atoms with Crippen molar-refractivity contribution in [3.8, 4) is 5.75 Å². The summed E-state index contributed by atoms with van der Waals surface area (Å²) in [4.78, 5) is 25.3. The van der Waals surface area contributed by atoms with Crippen molar-refractivity contribution >= 4 is 28.3 Å². The van der Waals surface area contributed by atoms with Crippen molar-refractivity contribution in [3.63, 3.8) is 0 Å². The monoisotopic (exact) mass is 486 g/mol. The molecule has 0 atom stereocenters. The van der Waals surface area contributed by atoms with Crippen LogP contribution < -0.4 is 14.5 Å². The van der Waals surface area contributed by atoms with E-state index in [1.165, 1.54) is 32.1 Å². The maximum Gasteiger partial charge on any atom is 0.228 e. The summed E-state index contributed by atoms with van der Waals surface area (Å²) >= 11 is 0. The quantitative estimate of drug-likeness (QED) is 0.429. The molecule has 1 aliphatic heterocycles. The standard InChI is InChI=1S/C30H38N4O2/c1-36-28-14-8-7-13-27(28)33-20-17-32(18-21-33)19-22-34(30(35)23-24-9-3-2-4-10-24)29-16-15-25-11-5-6-12-26(25)31-29/h5-8,11-16,24H,2-4,9-10,17-23H2,1H3. The van der Waals surface area contributed by atoms with Crippen molar-refractivity contribution in [2.24, 2.45) is 5.92 Å². The number of fused-ring (bicyclic) bond motifs is 1. The molecule has 2 fully saturated rings. The smallest absolute Gasteiger partial charge is 0.228 e. The number of rotatable bonds is 8. The van der Waals surface area contributed by atoms with Crippen LogP contribution in [-0.2, 0) is 4.79 Å². The van der Waals surface area contributed by atoms with E-state index >= 15 is 0 Å². The number of carbonyl (C=O) groups excluding carboxylic acids is 1. The van der Waals surface area contributed by atoms with Crippen LogP contribution in [0, 0.1) is 5.92 Å². The number of methoxy groups -OCH3 is 1. The summed E-state index contributed by atoms with van der Waals surface area (Å²) in [6.07, 6.45) is 6.80. The van der Waals surface area contributed by atoms with Crippen molar-refractivity contribution in [1.29, 1.82) is 0 Å². The van der Waals surface area contributed by atoms with Gasteiger partial charge in [-0.25, -0.2) is 4.98 Å². The van der Waals surface area contributed by atoms with Gasteiger partial charge in [0.1, 0.15) is 11.6 Å². The van der Waals surface area contributed by atoms with Crippen molar-refractivity contribution in [2.75, 3.05) is 56.2 Å². The summed E-state index contributed by atoms with van der Waals surface area (Å²) in [5.74, 6) is 2.44. The van der Waals surface area contributed by atoms with E-state index in [9.17, 15) is 4.79 Å². The summed E-state index contributed by atoms with van der Waals surface area (Å²) in [6, 6.07) is 20.5. The van der Waals surface area contributed by atoms with E-state index in [0.29, 0.717) is 18.9 Å². The Morgan fingerprint density at radius 1 is 0.944 bits per heavy atom. The Morgan fingerprint density at radius 3 is 2.50 bits per heavy atom. The Hall–Kier alpha value is -3.12. The molecule has 36 heavy (non-hydrogen) atoms. The second kappa shape index (κ2) is 11.7. The average Bonchev–Trinajstić information content (AvgIpc) is 2.94. The Kier molecular flexibility index (Phi) is 8.01. The molecule has 2 heterocycles. The van der Waals surface area contributed by atoms with Gasteiger partial charge in [-0.05, 0) is 49.1 Å². The Balaban J connectivity index is 1.25. The van der Waals surface area contributed by atoms with Gasteiger partial charge in [0, 0.05) is 51.1 Å². The first-order valence-electron chi connectivity index (χ1n) is 13.5. The van der Waals surface area contributed by atoms with Gasteiger partial charge >= 0.3 is 0 Å². The van der Waals surface area contributed by atoms with Gasteiger partial charge in [-0.2, -0.15) is 0 Å². The fourth-order valence-corrected chi connectivity index (χ4v) is 5.67. The van der Waals surface area contributed by atoms with Crippen LogP contribution in [0.4, 0.5) is 11.5 Å². The molecule has 0 N–H and O–H groups in total. The van der Waals surface area contributed by atoms with Gasteiger partial charge in [0.25, 0.3) is 0 Å². The van der Waals surface area contributed by atoms with Gasteiger partial charge in [0.15, 0.2) is 0 Å². The van der Waals surface area contributed by atoms with Gasteiger partial charge in [-0.1, -0.05) is 49.6 Å². The van der Waals surface area contributed by atoms with Gasteiger partial charge < -0.3 is 9.64 Å². The van der Waals surface area contributed by atoms with E-state index in [0.717, 1.165) is 60.9 Å². The van der Waals surface area contributed by atoms with Crippen molar-refractivity contribution < 1.29 is 9.53 Å². The number of pyridine rings is 1. The molecule has 0 bridgehead atoms. The number of ether oxygens (including phenoxy) is 1. The highest BCUT2D eigenvalue weighted by molar-refractivity contribution is 5.94. The largest absolute Gasteiger partial charge is 0.495 e. The number of carbonyl (C=O) groups is 1. The second-order valence-electron chi connectivity index (χ2n) is 10.1. The van der Waals surface area contributed by atoms with E-state index in [1.54, 1.807) is 7.11 Å². The summed E-state index contributed by atoms with van der Waals surface area (Å²) in [5, 5.41) is 1.10. The van der Waals surface area contributed by atoms with E-state index in [4.69, 9.17) is 9.72 Å². The number of nitrogens with zero attached hydrogens (tertiary/aromatic N) is 4. The van der Waals surface area contributed by atoms with Crippen LogP contribution in [0.5, 0.6) is 5.75 Å². The van der Waals surface area contributed by atoms with Crippen LogP contribution in [-0.4, -0.2) is 62.2 Å². The number of piperazine rings is 1. The molecule has 0 spiro atoms. The number of hydrogen-bond acceptors (Lipinski definition) is 5. The lowest BCUT2D eigenvalue weighted by Crippen LogP contribution is -2.49. The molecule has 1 saturated heterocycles. The van der Waals surface area contributed by atoms with Crippen LogP contribution >= 0.6 is 0 Å². The Bertz CT molecular complexity index is 1150. The van der Waals surface area contributed by atoms with Crippen LogP contribution in [0.3, 0.4) is 0 Å². The van der Waals surface area contributed by atoms with E-state index in [-0.39, 0.29) is 5.91 Å². The van der Waals surface area contributed by atoms with Gasteiger partial charge in [0.2, 0.25) is 5.91 Å². The zero-order valence-corrected chi connectivity index (χ0v) is 21.4. The Labute approximate surface area is 214 Å². The first kappa shape index (κ1) is 24.6. The van der Waals surface area contributed by atoms with E-state index < -0.39 is 0 Å². The maximum atomic E-state index is 13.6. The highest BCUT2D eigenvalue weighted by Gasteiger charge is 2.25. The number of hydrogen-bond donors (Lipinski definition) is 0. The van der Waals surface area contributed by atoms with Gasteiger partial charge in [0.05, 0.1) is 18.3 Å². The molecule has 2 aliphatic rings. The van der Waals surface area contributed by atoms with Gasteiger partial charge in [-0.15, -0.1) is 0 Å². The van der Waals surface area contributed by atoms with Gasteiger partial charge in [-0.3, -0.25) is 14.6 Å². The molecule has 6 heteroatoms. The number of anilines is 2. The number of para-hydroxylation sites is 3. The maximum absolute atomic E-state index is 13.6. The predicted octanol–water partition coefficient (Wildman–Crippen LogP) is 5.37. The average molecular weight is 487 g/mol. The second-order valence-corrected chi connectivity index (χ2v) is 10.1. The molecular weight excluding hydrogens is 448 g/mol. The van der Waals surface area contributed by atoms with Crippen molar-refractivity contribution in [3.05, 3.63) is 60.7 Å². The minimum absolute atomic E-state index is 0.220. The first-order valence-corrected chi connectivity index (χ1v) is 13.5. The zero-order valence-electron chi connectivity index (χ0n) is 21.4. The third kappa shape index (κ3) is 5.81. The minimum Gasteiger partial charge on any atom is -0.495 e. The summed E-state index contributed by atoms with van der Waals surface area (Å²) in [6.45, 7) is 5.35. The third-order valence-electron chi connectivity index (χ3n) is 7.79. The molecule has 0 radical (unpaired) electrons. The van der Waals surface area contributed by atoms with Crippen LogP contribution in [0.1, 0.15) is 38.5 Å².